The molecule has 6 rings (SSSR count). The monoisotopic (exact) mass is 708 g/mol. The third kappa shape index (κ3) is 7.81. The third-order valence-corrected chi connectivity index (χ3v) is 12.3. The summed E-state index contributed by atoms with van der Waals surface area (Å²) in [5, 5.41) is 13.2. The SMILES string of the molecule is N[C@@H](CSC(c1ccccc1)(c1ccccc1)c1ccccc1)C(=O)N[C@H](CSC(c1ccccc1)(c1ccccc1)c1ccccc1)C(=O)O. The van der Waals surface area contributed by atoms with E-state index in [4.69, 9.17) is 5.73 Å². The molecule has 1 amide bonds. The Morgan fingerprint density at radius 1 is 0.490 bits per heavy atom. The van der Waals surface area contributed by atoms with Crippen LogP contribution in [0.15, 0.2) is 182 Å². The molecule has 0 fully saturated rings. The van der Waals surface area contributed by atoms with Crippen LogP contribution in [0.4, 0.5) is 0 Å². The Labute approximate surface area is 308 Å². The number of carboxylic acid groups (broad SMARTS) is 1. The number of carbonyl (C=O) groups excluding carboxylic acids is 1. The van der Waals surface area contributed by atoms with Gasteiger partial charge in [-0.2, -0.15) is 0 Å². The van der Waals surface area contributed by atoms with Crippen molar-refractivity contribution in [3.05, 3.63) is 215 Å². The Hall–Kier alpha value is -5.08. The van der Waals surface area contributed by atoms with E-state index in [0.717, 1.165) is 33.4 Å². The maximum atomic E-state index is 13.8. The van der Waals surface area contributed by atoms with Crippen LogP contribution in [0.3, 0.4) is 0 Å². The maximum absolute atomic E-state index is 13.8. The Bertz CT molecular complexity index is 1790. The van der Waals surface area contributed by atoms with E-state index in [2.05, 4.69) is 78.1 Å². The summed E-state index contributed by atoms with van der Waals surface area (Å²) >= 11 is 3.06. The molecule has 256 valence electrons. The van der Waals surface area contributed by atoms with Gasteiger partial charge in [0.1, 0.15) is 6.04 Å². The number of benzene rings is 6. The van der Waals surface area contributed by atoms with E-state index in [1.54, 1.807) is 11.8 Å². The standard InChI is InChI=1S/C44H40N2O3S2/c45-39(31-50-43(33-19-7-1-8-20-33,34-21-9-2-10-22-34)35-23-11-3-12-24-35)41(47)46-40(42(48)49)32-51-44(36-25-13-4-14-26-36,37-27-15-5-16-28-37)38-29-17-6-18-30-38/h1-30,39-40H,31-32,45H2,(H,46,47)(H,48,49)/t39-,40+/m0/s1. The molecule has 0 unspecified atom stereocenters. The highest BCUT2D eigenvalue weighted by molar-refractivity contribution is 8.01. The van der Waals surface area contributed by atoms with Crippen molar-refractivity contribution in [1.29, 1.82) is 0 Å². The molecule has 2 atom stereocenters. The van der Waals surface area contributed by atoms with Gasteiger partial charge in [0.2, 0.25) is 5.91 Å². The number of hydrogen-bond acceptors (Lipinski definition) is 5. The highest BCUT2D eigenvalue weighted by Crippen LogP contribution is 2.50. The molecule has 6 aromatic carbocycles. The van der Waals surface area contributed by atoms with Crippen LogP contribution in [-0.2, 0) is 19.1 Å². The second kappa shape index (κ2) is 16.8. The molecule has 0 heterocycles. The number of hydrogen-bond donors (Lipinski definition) is 3. The van der Waals surface area contributed by atoms with Gasteiger partial charge in [0, 0.05) is 11.5 Å². The van der Waals surface area contributed by atoms with Crippen molar-refractivity contribution < 1.29 is 14.7 Å². The molecule has 4 N–H and O–H groups in total. The summed E-state index contributed by atoms with van der Waals surface area (Å²) in [5.41, 5.74) is 12.8. The summed E-state index contributed by atoms with van der Waals surface area (Å²) in [6, 6.07) is 58.7. The minimum Gasteiger partial charge on any atom is -0.480 e. The second-order valence-electron chi connectivity index (χ2n) is 12.2. The van der Waals surface area contributed by atoms with Crippen molar-refractivity contribution in [2.24, 2.45) is 5.73 Å². The van der Waals surface area contributed by atoms with Crippen molar-refractivity contribution in [2.45, 2.75) is 21.6 Å². The van der Waals surface area contributed by atoms with E-state index in [0.29, 0.717) is 0 Å². The Morgan fingerprint density at radius 2 is 0.745 bits per heavy atom. The first-order valence-corrected chi connectivity index (χ1v) is 18.8. The fourth-order valence-electron chi connectivity index (χ4n) is 6.49. The van der Waals surface area contributed by atoms with Gasteiger partial charge in [-0.15, -0.1) is 23.5 Å². The molecular formula is C44H40N2O3S2. The Morgan fingerprint density at radius 3 is 1.00 bits per heavy atom. The van der Waals surface area contributed by atoms with E-state index in [9.17, 15) is 14.7 Å². The second-order valence-corrected chi connectivity index (χ2v) is 14.7. The zero-order valence-corrected chi connectivity index (χ0v) is 29.7. The summed E-state index contributed by atoms with van der Waals surface area (Å²) < 4.78 is -1.40. The van der Waals surface area contributed by atoms with Crippen LogP contribution in [0, 0.1) is 0 Å². The van der Waals surface area contributed by atoms with Crippen molar-refractivity contribution in [2.75, 3.05) is 11.5 Å². The summed E-state index contributed by atoms with van der Waals surface area (Å²) in [7, 11) is 0. The largest absolute Gasteiger partial charge is 0.480 e. The van der Waals surface area contributed by atoms with Gasteiger partial charge in [-0.3, -0.25) is 4.79 Å². The van der Waals surface area contributed by atoms with Crippen molar-refractivity contribution >= 4 is 35.4 Å². The lowest BCUT2D eigenvalue weighted by Crippen LogP contribution is -2.51. The molecule has 0 aliphatic heterocycles. The number of carbonyl (C=O) groups is 2. The van der Waals surface area contributed by atoms with Crippen LogP contribution >= 0.6 is 23.5 Å². The molecule has 0 radical (unpaired) electrons. The molecular weight excluding hydrogens is 669 g/mol. The van der Waals surface area contributed by atoms with Crippen molar-refractivity contribution in [1.82, 2.24) is 5.32 Å². The molecule has 7 heteroatoms. The van der Waals surface area contributed by atoms with E-state index in [1.807, 2.05) is 109 Å². The first kappa shape index (κ1) is 35.7. The zero-order valence-electron chi connectivity index (χ0n) is 28.0. The van der Waals surface area contributed by atoms with Gasteiger partial charge in [0.25, 0.3) is 0 Å². The number of rotatable bonds is 15. The summed E-state index contributed by atoms with van der Waals surface area (Å²) in [5.74, 6) is -1.29. The van der Waals surface area contributed by atoms with Gasteiger partial charge in [0.05, 0.1) is 15.5 Å². The van der Waals surface area contributed by atoms with E-state index in [1.165, 1.54) is 11.8 Å². The number of nitrogens with one attached hydrogen (secondary N) is 1. The number of amides is 1. The first-order chi connectivity index (χ1) is 24.9. The molecule has 0 saturated heterocycles. The average Bonchev–Trinajstić information content (AvgIpc) is 3.20. The third-order valence-electron chi connectivity index (χ3n) is 8.98. The molecule has 5 nitrogen and oxygen atoms in total. The lowest BCUT2D eigenvalue weighted by atomic mass is 9.84. The topological polar surface area (TPSA) is 92.4 Å². The normalized spacial score (nSPS) is 12.8. The highest BCUT2D eigenvalue weighted by Gasteiger charge is 2.40. The molecule has 51 heavy (non-hydrogen) atoms. The van der Waals surface area contributed by atoms with Gasteiger partial charge in [0.15, 0.2) is 0 Å². The molecule has 0 saturated carbocycles. The highest BCUT2D eigenvalue weighted by atomic mass is 32.2. The van der Waals surface area contributed by atoms with Crippen LogP contribution < -0.4 is 11.1 Å². The van der Waals surface area contributed by atoms with Crippen LogP contribution in [0.25, 0.3) is 0 Å². The number of carboxylic acids is 1. The van der Waals surface area contributed by atoms with Gasteiger partial charge >= 0.3 is 5.97 Å². The van der Waals surface area contributed by atoms with Gasteiger partial charge in [-0.25, -0.2) is 4.79 Å². The summed E-state index contributed by atoms with van der Waals surface area (Å²) in [4.78, 5) is 26.6. The van der Waals surface area contributed by atoms with Crippen LogP contribution in [0.5, 0.6) is 0 Å². The van der Waals surface area contributed by atoms with E-state index in [-0.39, 0.29) is 11.5 Å². The fraction of sp³-hybridized carbons (Fsp3) is 0.136. The molecule has 0 bridgehead atoms. The predicted octanol–water partition coefficient (Wildman–Crippen LogP) is 8.33. The number of thioether (sulfide) groups is 2. The zero-order chi connectivity index (χ0) is 35.5. The Kier molecular flexibility index (Phi) is 11.7. The minimum absolute atomic E-state index is 0.0988. The number of aliphatic carboxylic acids is 1. The molecule has 0 aliphatic rings. The number of nitrogens with two attached hydrogens (primary N) is 1. The van der Waals surface area contributed by atoms with Gasteiger partial charge < -0.3 is 16.2 Å². The lowest BCUT2D eigenvalue weighted by molar-refractivity contribution is -0.141. The van der Waals surface area contributed by atoms with E-state index < -0.39 is 33.5 Å². The minimum atomic E-state index is -1.18. The molecule has 0 aromatic heterocycles. The van der Waals surface area contributed by atoms with Crippen LogP contribution in [0.1, 0.15) is 33.4 Å². The quantitative estimate of drug-likeness (QED) is 0.0930. The molecule has 6 aromatic rings. The van der Waals surface area contributed by atoms with Gasteiger partial charge in [-0.1, -0.05) is 182 Å². The lowest BCUT2D eigenvalue weighted by Gasteiger charge is -2.36. The van der Waals surface area contributed by atoms with Gasteiger partial charge in [-0.05, 0) is 33.4 Å². The van der Waals surface area contributed by atoms with Crippen molar-refractivity contribution in [3.8, 4) is 0 Å². The fourth-order valence-corrected chi connectivity index (χ4v) is 9.53. The predicted molar refractivity (Wildman–Crippen MR) is 211 cm³/mol. The molecule has 0 aliphatic carbocycles. The van der Waals surface area contributed by atoms with Crippen LogP contribution in [0.2, 0.25) is 0 Å². The maximum Gasteiger partial charge on any atom is 0.327 e. The smallest absolute Gasteiger partial charge is 0.327 e. The first-order valence-electron chi connectivity index (χ1n) is 16.8. The van der Waals surface area contributed by atoms with Crippen molar-refractivity contribution in [3.63, 3.8) is 0 Å². The summed E-state index contributed by atoms with van der Waals surface area (Å²) in [6.45, 7) is 0. The average molecular weight is 709 g/mol. The van der Waals surface area contributed by atoms with Crippen LogP contribution in [-0.4, -0.2) is 40.6 Å². The molecule has 0 spiro atoms. The summed E-state index contributed by atoms with van der Waals surface area (Å²) in [6.07, 6.45) is 0. The Balaban J connectivity index is 1.27. The van der Waals surface area contributed by atoms with E-state index >= 15 is 0 Å².